The third-order valence-corrected chi connectivity index (χ3v) is 6.24. The van der Waals surface area contributed by atoms with Gasteiger partial charge in [0.25, 0.3) is 0 Å². The van der Waals surface area contributed by atoms with E-state index in [2.05, 4.69) is 18.2 Å². The van der Waals surface area contributed by atoms with Gasteiger partial charge in [0, 0.05) is 40.9 Å². The Bertz CT molecular complexity index is 1030. The zero-order valence-electron chi connectivity index (χ0n) is 19.0. The van der Waals surface area contributed by atoms with Gasteiger partial charge in [-0.05, 0) is 44.1 Å². The van der Waals surface area contributed by atoms with E-state index in [0.29, 0.717) is 23.0 Å². The summed E-state index contributed by atoms with van der Waals surface area (Å²) in [7, 11) is 0. The van der Waals surface area contributed by atoms with Crippen molar-refractivity contribution in [3.05, 3.63) is 93.0 Å². The van der Waals surface area contributed by atoms with Gasteiger partial charge >= 0.3 is 6.18 Å². The van der Waals surface area contributed by atoms with Gasteiger partial charge in [-0.15, -0.1) is 11.3 Å². The van der Waals surface area contributed by atoms with Crippen molar-refractivity contribution >= 4 is 29.2 Å². The number of nitrogens with zero attached hydrogens (tertiary/aromatic N) is 2. The van der Waals surface area contributed by atoms with Crippen molar-refractivity contribution in [1.29, 1.82) is 0 Å². The summed E-state index contributed by atoms with van der Waals surface area (Å²) in [6.07, 6.45) is 6.82. The van der Waals surface area contributed by atoms with E-state index in [0.717, 1.165) is 16.1 Å². The smallest absolute Gasteiger partial charge is 0.394 e. The molecule has 1 aromatic rings. The van der Waals surface area contributed by atoms with Gasteiger partial charge in [-0.1, -0.05) is 55.1 Å². The van der Waals surface area contributed by atoms with Crippen molar-refractivity contribution in [2.24, 2.45) is 10.7 Å². The number of aliphatic imine (C=N–C) groups is 1. The maximum atomic E-state index is 13.7. The summed E-state index contributed by atoms with van der Waals surface area (Å²) in [5.74, 6) is -0.233. The predicted molar refractivity (Wildman–Crippen MR) is 135 cm³/mol. The van der Waals surface area contributed by atoms with Crippen LogP contribution in [0.2, 0.25) is 4.34 Å². The van der Waals surface area contributed by atoms with E-state index in [1.54, 1.807) is 50.3 Å². The Morgan fingerprint density at radius 3 is 2.64 bits per heavy atom. The van der Waals surface area contributed by atoms with Crippen LogP contribution < -0.4 is 5.73 Å². The van der Waals surface area contributed by atoms with Crippen molar-refractivity contribution in [3.8, 4) is 0 Å². The maximum Gasteiger partial charge on any atom is 0.431 e. The molecule has 2 N–H and O–H groups in total. The summed E-state index contributed by atoms with van der Waals surface area (Å²) in [5, 5.41) is 0. The minimum atomic E-state index is -4.70. The molecule has 1 aromatic heterocycles. The minimum absolute atomic E-state index is 0.167. The van der Waals surface area contributed by atoms with Crippen LogP contribution in [0.1, 0.15) is 37.1 Å². The highest BCUT2D eigenvalue weighted by Gasteiger charge is 2.35. The summed E-state index contributed by atoms with van der Waals surface area (Å²) < 4.78 is 41.6. The first kappa shape index (κ1) is 26.7. The van der Waals surface area contributed by atoms with E-state index >= 15 is 0 Å². The second-order valence-corrected chi connectivity index (χ2v) is 9.58. The molecule has 2 rings (SSSR count). The Labute approximate surface area is 202 Å². The number of thiophene rings is 1. The standard InChI is InChI=1S/C25H29ClF3N3S/c1-6-8-9-10-18(21(13-31-16(3)4)24(30)25(27,28)29)11-19-14-32(17(5)7-2)15-22-20(19)12-23(26)33-22/h6-13,16,19H,2,5,14-15,30H2,1,3-4H3/b8-6-,10-9-,18-11-,24-21+,31-13?. The molecule has 1 aliphatic heterocycles. The van der Waals surface area contributed by atoms with Gasteiger partial charge in [-0.3, -0.25) is 4.99 Å². The molecule has 0 saturated carbocycles. The van der Waals surface area contributed by atoms with Crippen molar-refractivity contribution in [1.82, 2.24) is 4.90 Å². The van der Waals surface area contributed by atoms with Crippen LogP contribution in [0.25, 0.3) is 0 Å². The number of fused-ring (bicyclic) bond motifs is 1. The van der Waals surface area contributed by atoms with E-state index < -0.39 is 11.9 Å². The molecule has 178 valence electrons. The number of rotatable bonds is 8. The molecule has 0 bridgehead atoms. The lowest BCUT2D eigenvalue weighted by atomic mass is 9.90. The van der Waals surface area contributed by atoms with E-state index in [1.165, 1.54) is 17.6 Å². The van der Waals surface area contributed by atoms with Gasteiger partial charge in [0.15, 0.2) is 0 Å². The SMILES string of the molecule is C=CC(=C)N1Cc2sc(Cl)cc2C(/C=C(/C=C\C=C/C)C(\C=NC(C)C)=C(\N)C(F)(F)F)C1. The zero-order valence-corrected chi connectivity index (χ0v) is 20.6. The fraction of sp³-hybridized carbons (Fsp3) is 0.320. The molecule has 0 amide bonds. The summed E-state index contributed by atoms with van der Waals surface area (Å²) in [4.78, 5) is 7.27. The molecule has 1 atom stereocenters. The van der Waals surface area contributed by atoms with Gasteiger partial charge in [0.2, 0.25) is 0 Å². The summed E-state index contributed by atoms with van der Waals surface area (Å²) >= 11 is 7.74. The van der Waals surface area contributed by atoms with Crippen molar-refractivity contribution in [2.45, 2.75) is 45.5 Å². The van der Waals surface area contributed by atoms with Crippen LogP contribution in [0.3, 0.4) is 0 Å². The summed E-state index contributed by atoms with van der Waals surface area (Å²) in [6.45, 7) is 14.4. The number of hydrogen-bond donors (Lipinski definition) is 1. The van der Waals surface area contributed by atoms with Gasteiger partial charge in [-0.25, -0.2) is 0 Å². The van der Waals surface area contributed by atoms with Crippen molar-refractivity contribution < 1.29 is 13.2 Å². The first-order valence-corrected chi connectivity index (χ1v) is 11.6. The molecule has 33 heavy (non-hydrogen) atoms. The molecule has 3 nitrogen and oxygen atoms in total. The van der Waals surface area contributed by atoms with Crippen LogP contribution in [0, 0.1) is 0 Å². The highest BCUT2D eigenvalue weighted by molar-refractivity contribution is 7.16. The maximum absolute atomic E-state index is 13.7. The Morgan fingerprint density at radius 2 is 2.06 bits per heavy atom. The van der Waals surface area contributed by atoms with Crippen LogP contribution in [-0.2, 0) is 6.54 Å². The molecule has 0 aliphatic carbocycles. The van der Waals surface area contributed by atoms with E-state index in [4.69, 9.17) is 17.3 Å². The summed E-state index contributed by atoms with van der Waals surface area (Å²) in [5.41, 5.74) is 6.30. The highest BCUT2D eigenvalue weighted by atomic mass is 35.5. The molecule has 0 radical (unpaired) electrons. The lowest BCUT2D eigenvalue weighted by Crippen LogP contribution is -2.31. The topological polar surface area (TPSA) is 41.6 Å². The number of halogens is 4. The Hall–Kier alpha value is -2.51. The summed E-state index contributed by atoms with van der Waals surface area (Å²) in [6, 6.07) is 1.69. The molecular formula is C25H29ClF3N3S. The third-order valence-electron chi connectivity index (χ3n) is 4.97. The van der Waals surface area contributed by atoms with Gasteiger partial charge in [0.05, 0.1) is 10.9 Å². The molecule has 1 aliphatic rings. The fourth-order valence-electron chi connectivity index (χ4n) is 3.31. The van der Waals surface area contributed by atoms with Gasteiger partial charge in [0.1, 0.15) is 5.70 Å². The Kier molecular flexibility index (Phi) is 9.37. The lowest BCUT2D eigenvalue weighted by molar-refractivity contribution is -0.0930. The van der Waals surface area contributed by atoms with E-state index in [1.807, 2.05) is 17.9 Å². The number of nitrogens with two attached hydrogens (primary N) is 1. The molecule has 0 saturated heterocycles. The van der Waals surface area contributed by atoms with Crippen LogP contribution in [0.15, 0.2) is 83.2 Å². The predicted octanol–water partition coefficient (Wildman–Crippen LogP) is 7.31. The largest absolute Gasteiger partial charge is 0.431 e. The molecule has 8 heteroatoms. The second-order valence-electron chi connectivity index (χ2n) is 7.82. The van der Waals surface area contributed by atoms with Crippen molar-refractivity contribution in [3.63, 3.8) is 0 Å². The number of allylic oxidation sites excluding steroid dienone is 8. The molecule has 2 heterocycles. The Balaban J connectivity index is 2.71. The molecular weight excluding hydrogens is 467 g/mol. The van der Waals surface area contributed by atoms with Crippen LogP contribution in [0.4, 0.5) is 13.2 Å². The molecule has 0 spiro atoms. The zero-order chi connectivity index (χ0) is 24.8. The number of hydrogen-bond acceptors (Lipinski definition) is 4. The molecule has 0 fully saturated rings. The van der Waals surface area contributed by atoms with Crippen LogP contribution in [0.5, 0.6) is 0 Å². The second kappa shape index (κ2) is 11.6. The van der Waals surface area contributed by atoms with Crippen LogP contribution in [-0.4, -0.2) is 29.9 Å². The Morgan fingerprint density at radius 1 is 1.36 bits per heavy atom. The van der Waals surface area contributed by atoms with Crippen LogP contribution >= 0.6 is 22.9 Å². The van der Waals surface area contributed by atoms with Gasteiger partial charge in [-0.2, -0.15) is 13.2 Å². The number of alkyl halides is 3. The van der Waals surface area contributed by atoms with Gasteiger partial charge < -0.3 is 10.6 Å². The van der Waals surface area contributed by atoms with E-state index in [-0.39, 0.29) is 17.5 Å². The third kappa shape index (κ3) is 7.24. The average molecular weight is 496 g/mol. The van der Waals surface area contributed by atoms with E-state index in [9.17, 15) is 13.2 Å². The first-order valence-electron chi connectivity index (χ1n) is 10.4. The monoisotopic (exact) mass is 495 g/mol. The fourth-order valence-corrected chi connectivity index (χ4v) is 4.68. The highest BCUT2D eigenvalue weighted by Crippen LogP contribution is 2.40. The first-order chi connectivity index (χ1) is 15.5. The lowest BCUT2D eigenvalue weighted by Gasteiger charge is -2.34. The average Bonchev–Trinajstić information content (AvgIpc) is 3.12. The quantitative estimate of drug-likeness (QED) is 0.303. The molecule has 0 aromatic carbocycles. The van der Waals surface area contributed by atoms with Crippen molar-refractivity contribution in [2.75, 3.05) is 6.54 Å². The normalized spacial score (nSPS) is 18.5. The molecule has 1 unspecified atom stereocenters. The minimum Gasteiger partial charge on any atom is -0.394 e.